The number of nitrogens with one attached hydrogen (secondary N) is 1. The van der Waals surface area contributed by atoms with E-state index in [9.17, 15) is 18.5 Å². The minimum atomic E-state index is -5.48. The van der Waals surface area contributed by atoms with Crippen molar-refractivity contribution in [3.8, 4) is 0 Å². The van der Waals surface area contributed by atoms with E-state index in [-0.39, 0.29) is 38.5 Å². The Morgan fingerprint density at radius 2 is 1.91 bits per heavy atom. The van der Waals surface area contributed by atoms with Crippen LogP contribution in [0.5, 0.6) is 0 Å². The number of anilines is 2. The summed E-state index contributed by atoms with van der Waals surface area (Å²) in [6.07, 6.45) is -1.17. The second-order valence-electron chi connectivity index (χ2n) is 8.40. The third-order valence-electron chi connectivity index (χ3n) is 4.88. The Kier molecular flexibility index (Phi) is 7.25. The van der Waals surface area contributed by atoms with E-state index in [1.807, 2.05) is 28.8 Å². The fourth-order valence-electron chi connectivity index (χ4n) is 3.40. The first kappa shape index (κ1) is 25.3. The number of pyridine rings is 1. The van der Waals surface area contributed by atoms with Gasteiger partial charge in [-0.1, -0.05) is 18.2 Å². The largest absolute Gasteiger partial charge is 0.394 e. The summed E-state index contributed by atoms with van der Waals surface area (Å²) in [5, 5.41) is 14.4. The average Bonchev–Trinajstić information content (AvgIpc) is 3.04. The Morgan fingerprint density at radius 1 is 1.21 bits per heavy atom. The number of nitrogens with two attached hydrogens (primary N) is 1. The average molecular weight is 487 g/mol. The highest BCUT2D eigenvalue weighted by Crippen LogP contribution is 2.55. The summed E-state index contributed by atoms with van der Waals surface area (Å²) in [5.74, 6) is 0.692. The number of aromatic nitrogens is 3. The summed E-state index contributed by atoms with van der Waals surface area (Å²) >= 11 is 0. The van der Waals surface area contributed by atoms with Gasteiger partial charge in [-0.25, -0.2) is 9.97 Å². The highest BCUT2D eigenvalue weighted by atomic mass is 31.2. The SMILES string of the molecule is CC(C)(O)Cn1c(NCCOCCCC(F)(F)P(=O)(O)O)nc2c(N)nc3ccccc3c21. The summed E-state index contributed by atoms with van der Waals surface area (Å²) in [6, 6.07) is 7.46. The van der Waals surface area contributed by atoms with Gasteiger partial charge in [-0.15, -0.1) is 0 Å². The Bertz CT molecular complexity index is 1180. The number of nitrogen functional groups attached to an aromatic ring is 1. The third-order valence-corrected chi connectivity index (χ3v) is 5.95. The molecule has 0 atom stereocenters. The van der Waals surface area contributed by atoms with Gasteiger partial charge in [0.1, 0.15) is 5.52 Å². The Hall–Kier alpha value is -2.37. The molecule has 13 heteroatoms. The molecule has 3 rings (SSSR count). The molecule has 2 heterocycles. The molecular weight excluding hydrogens is 459 g/mol. The molecule has 0 fully saturated rings. The van der Waals surface area contributed by atoms with Crippen molar-refractivity contribution < 1.29 is 33.0 Å². The molecule has 6 N–H and O–H groups in total. The van der Waals surface area contributed by atoms with Crippen LogP contribution in [0, 0.1) is 0 Å². The lowest BCUT2D eigenvalue weighted by Gasteiger charge is -2.21. The number of imidazole rings is 1. The van der Waals surface area contributed by atoms with E-state index < -0.39 is 25.3 Å². The van der Waals surface area contributed by atoms with Crippen LogP contribution in [-0.2, 0) is 15.8 Å². The molecule has 0 aliphatic carbocycles. The van der Waals surface area contributed by atoms with E-state index in [4.69, 9.17) is 20.3 Å². The van der Waals surface area contributed by atoms with Crippen molar-refractivity contribution in [2.24, 2.45) is 0 Å². The molecule has 0 spiro atoms. The summed E-state index contributed by atoms with van der Waals surface area (Å²) in [5.41, 5.74) is 2.92. The predicted octanol–water partition coefficient (Wildman–Crippen LogP) is 2.92. The molecule has 3 aromatic rings. The van der Waals surface area contributed by atoms with Gasteiger partial charge in [0.25, 0.3) is 0 Å². The van der Waals surface area contributed by atoms with Crippen LogP contribution in [0.3, 0.4) is 0 Å². The van der Waals surface area contributed by atoms with Crippen LogP contribution in [0.1, 0.15) is 26.7 Å². The first-order valence-corrected chi connectivity index (χ1v) is 11.9. The van der Waals surface area contributed by atoms with Crippen LogP contribution in [0.2, 0.25) is 0 Å². The van der Waals surface area contributed by atoms with Gasteiger partial charge in [0.15, 0.2) is 5.82 Å². The molecule has 0 aliphatic rings. The Morgan fingerprint density at radius 3 is 2.58 bits per heavy atom. The maximum absolute atomic E-state index is 13.3. The van der Waals surface area contributed by atoms with Crippen LogP contribution in [0.4, 0.5) is 20.5 Å². The van der Waals surface area contributed by atoms with Gasteiger partial charge < -0.3 is 35.2 Å². The zero-order chi connectivity index (χ0) is 24.4. The summed E-state index contributed by atoms with van der Waals surface area (Å²) in [6.45, 7) is 3.89. The molecule has 182 valence electrons. The van der Waals surface area contributed by atoms with E-state index in [0.29, 0.717) is 17.0 Å². The number of hydrogen-bond acceptors (Lipinski definition) is 7. The molecule has 1 aromatic carbocycles. The number of fused-ring (bicyclic) bond motifs is 3. The maximum Gasteiger partial charge on any atom is 0.394 e. The molecule has 2 aromatic heterocycles. The normalized spacial score (nSPS) is 13.2. The number of hydrogen-bond donors (Lipinski definition) is 5. The van der Waals surface area contributed by atoms with Gasteiger partial charge in [-0.2, -0.15) is 8.78 Å². The van der Waals surface area contributed by atoms with E-state index in [0.717, 1.165) is 10.9 Å². The maximum atomic E-state index is 13.3. The molecule has 33 heavy (non-hydrogen) atoms. The fraction of sp³-hybridized carbons (Fsp3) is 0.500. The van der Waals surface area contributed by atoms with Crippen LogP contribution in [0.15, 0.2) is 24.3 Å². The first-order valence-electron chi connectivity index (χ1n) is 10.3. The zero-order valence-corrected chi connectivity index (χ0v) is 19.2. The predicted molar refractivity (Wildman–Crippen MR) is 121 cm³/mol. The van der Waals surface area contributed by atoms with Crippen LogP contribution in [0.25, 0.3) is 21.9 Å². The molecule has 0 unspecified atom stereocenters. The van der Waals surface area contributed by atoms with Crippen molar-refractivity contribution in [1.29, 1.82) is 0 Å². The lowest BCUT2D eigenvalue weighted by Crippen LogP contribution is -2.27. The topological polar surface area (TPSA) is 156 Å². The second kappa shape index (κ2) is 9.47. The lowest BCUT2D eigenvalue weighted by atomic mass is 10.1. The van der Waals surface area contributed by atoms with Crippen molar-refractivity contribution >= 4 is 41.3 Å². The molecule has 0 radical (unpaired) electrons. The molecule has 0 saturated carbocycles. The van der Waals surface area contributed by atoms with Gasteiger partial charge in [-0.05, 0) is 26.3 Å². The van der Waals surface area contributed by atoms with Gasteiger partial charge in [0.05, 0.1) is 29.8 Å². The number of nitrogens with zero attached hydrogens (tertiary/aromatic N) is 3. The minimum absolute atomic E-state index is 0.0845. The van der Waals surface area contributed by atoms with Crippen molar-refractivity contribution in [1.82, 2.24) is 14.5 Å². The molecule has 0 amide bonds. The highest BCUT2D eigenvalue weighted by molar-refractivity contribution is 7.53. The van der Waals surface area contributed by atoms with Gasteiger partial charge >= 0.3 is 13.3 Å². The van der Waals surface area contributed by atoms with Crippen molar-refractivity contribution in [3.63, 3.8) is 0 Å². The molecule has 10 nitrogen and oxygen atoms in total. The number of para-hydroxylation sites is 1. The van der Waals surface area contributed by atoms with E-state index >= 15 is 0 Å². The van der Waals surface area contributed by atoms with Crippen LogP contribution in [-0.4, -0.2) is 60.5 Å². The number of rotatable bonds is 11. The Labute approximate surface area is 188 Å². The summed E-state index contributed by atoms with van der Waals surface area (Å²) in [7, 11) is -5.48. The molecule has 0 bridgehead atoms. The number of benzene rings is 1. The summed E-state index contributed by atoms with van der Waals surface area (Å²) < 4.78 is 44.4. The monoisotopic (exact) mass is 487 g/mol. The number of alkyl halides is 2. The molecular formula is C20H28F2N5O5P. The van der Waals surface area contributed by atoms with E-state index in [1.165, 1.54) is 0 Å². The standard InChI is InChI=1S/C20H28F2N5O5P/c1-19(2,28)12-27-16-13-6-3-4-7-14(13)25-17(23)15(16)26-18(27)24-9-11-32-10-5-8-20(21,22)33(29,30)31/h3-4,6-7,28H,5,8-12H2,1-2H3,(H2,23,25)(H,24,26)(H2,29,30,31). The van der Waals surface area contributed by atoms with E-state index in [2.05, 4.69) is 15.3 Å². The van der Waals surface area contributed by atoms with Gasteiger partial charge in [0, 0.05) is 25.0 Å². The highest BCUT2D eigenvalue weighted by Gasteiger charge is 2.47. The third kappa shape index (κ3) is 5.96. The minimum Gasteiger partial charge on any atom is -0.389 e. The van der Waals surface area contributed by atoms with Gasteiger partial charge in [0.2, 0.25) is 5.95 Å². The summed E-state index contributed by atoms with van der Waals surface area (Å²) in [4.78, 5) is 26.2. The molecule has 0 aliphatic heterocycles. The van der Waals surface area contributed by atoms with Crippen LogP contribution < -0.4 is 11.1 Å². The quantitative estimate of drug-likeness (QED) is 0.203. The van der Waals surface area contributed by atoms with Crippen molar-refractivity contribution in [2.75, 3.05) is 30.8 Å². The second-order valence-corrected chi connectivity index (χ2v) is 10.1. The number of ether oxygens (including phenoxy) is 1. The fourth-order valence-corrected chi connectivity index (χ4v) is 3.85. The zero-order valence-electron chi connectivity index (χ0n) is 18.3. The lowest BCUT2D eigenvalue weighted by molar-refractivity contribution is 0.0368. The van der Waals surface area contributed by atoms with Gasteiger partial charge in [-0.3, -0.25) is 4.57 Å². The molecule has 0 saturated heterocycles. The van der Waals surface area contributed by atoms with Crippen molar-refractivity contribution in [2.45, 2.75) is 44.5 Å². The smallest absolute Gasteiger partial charge is 0.389 e. The number of aliphatic hydroxyl groups is 1. The Balaban J connectivity index is 1.70. The first-order chi connectivity index (χ1) is 15.3. The van der Waals surface area contributed by atoms with E-state index in [1.54, 1.807) is 13.8 Å². The van der Waals surface area contributed by atoms with Crippen LogP contribution >= 0.6 is 7.60 Å². The van der Waals surface area contributed by atoms with Crippen molar-refractivity contribution in [3.05, 3.63) is 24.3 Å². The number of halogens is 2.